The molecule has 0 unspecified atom stereocenters. The van der Waals surface area contributed by atoms with Gasteiger partial charge in [-0.15, -0.1) is 11.3 Å². The van der Waals surface area contributed by atoms with E-state index in [0.29, 0.717) is 10.8 Å². The van der Waals surface area contributed by atoms with Crippen molar-refractivity contribution in [2.24, 2.45) is 7.05 Å². The molecule has 0 fully saturated rings. The Balaban J connectivity index is 1.39. The fraction of sp³-hybridized carbons (Fsp3) is 0.174. The molecular formula is C23H20FN7OS. The van der Waals surface area contributed by atoms with Gasteiger partial charge in [0, 0.05) is 35.8 Å². The highest BCUT2D eigenvalue weighted by atomic mass is 32.1. The molecule has 166 valence electrons. The summed E-state index contributed by atoms with van der Waals surface area (Å²) in [6, 6.07) is 8.15. The largest absolute Gasteiger partial charge is 0.300 e. The highest BCUT2D eigenvalue weighted by Gasteiger charge is 2.17. The van der Waals surface area contributed by atoms with E-state index in [1.54, 1.807) is 27.7 Å². The number of aryl methyl sites for hydroxylation is 3. The Morgan fingerprint density at radius 1 is 1.09 bits per heavy atom. The van der Waals surface area contributed by atoms with E-state index in [0.717, 1.165) is 39.2 Å². The van der Waals surface area contributed by atoms with Gasteiger partial charge in [0.1, 0.15) is 12.4 Å². The van der Waals surface area contributed by atoms with E-state index in [9.17, 15) is 9.18 Å². The monoisotopic (exact) mass is 461 g/mol. The molecule has 0 bridgehead atoms. The zero-order chi connectivity index (χ0) is 23.1. The minimum atomic E-state index is -0.294. The van der Waals surface area contributed by atoms with Crippen LogP contribution in [0, 0.1) is 19.7 Å². The number of aromatic nitrogens is 6. The van der Waals surface area contributed by atoms with Gasteiger partial charge in [-0.3, -0.25) is 9.48 Å². The van der Waals surface area contributed by atoms with Crippen molar-refractivity contribution in [1.29, 1.82) is 0 Å². The van der Waals surface area contributed by atoms with Crippen LogP contribution in [0.3, 0.4) is 0 Å². The zero-order valence-corrected chi connectivity index (χ0v) is 19.0. The number of hydrogen-bond donors (Lipinski definition) is 1. The number of hydrogen-bond acceptors (Lipinski definition) is 6. The number of carbonyl (C=O) groups excluding carboxylic acids is 1. The van der Waals surface area contributed by atoms with Gasteiger partial charge in [0.05, 0.1) is 17.1 Å². The molecule has 5 aromatic rings. The molecule has 0 aliphatic carbocycles. The summed E-state index contributed by atoms with van der Waals surface area (Å²) in [4.78, 5) is 21.7. The van der Waals surface area contributed by atoms with Crippen molar-refractivity contribution < 1.29 is 9.18 Å². The smallest absolute Gasteiger partial charge is 0.247 e. The fourth-order valence-corrected chi connectivity index (χ4v) is 4.59. The highest BCUT2D eigenvalue weighted by Crippen LogP contribution is 2.30. The van der Waals surface area contributed by atoms with Gasteiger partial charge in [-0.2, -0.15) is 10.2 Å². The number of rotatable bonds is 5. The third-order valence-electron chi connectivity index (χ3n) is 5.30. The predicted molar refractivity (Wildman–Crippen MR) is 125 cm³/mol. The number of nitrogens with one attached hydrogen (secondary N) is 1. The SMILES string of the molecule is Cc1nn(C)cc1-c1csc(NC(=O)Cn2nc(C)c3c(-c4ccc(F)cc4)ccnc32)n1. The van der Waals surface area contributed by atoms with Crippen molar-refractivity contribution in [3.05, 3.63) is 65.3 Å². The van der Waals surface area contributed by atoms with Gasteiger partial charge in [-0.25, -0.2) is 19.0 Å². The number of nitrogens with zero attached hydrogens (tertiary/aromatic N) is 6. The Hall–Kier alpha value is -3.92. The highest BCUT2D eigenvalue weighted by molar-refractivity contribution is 7.14. The number of pyridine rings is 1. The predicted octanol–water partition coefficient (Wildman–Crippen LogP) is 4.35. The summed E-state index contributed by atoms with van der Waals surface area (Å²) in [5.41, 5.74) is 5.66. The molecule has 4 heterocycles. The molecule has 1 N–H and O–H groups in total. The van der Waals surface area contributed by atoms with Gasteiger partial charge in [-0.1, -0.05) is 12.1 Å². The van der Waals surface area contributed by atoms with Gasteiger partial charge in [0.2, 0.25) is 5.91 Å². The van der Waals surface area contributed by atoms with Crippen LogP contribution in [0.25, 0.3) is 33.4 Å². The van der Waals surface area contributed by atoms with E-state index in [2.05, 4.69) is 25.5 Å². The Morgan fingerprint density at radius 2 is 1.88 bits per heavy atom. The van der Waals surface area contributed by atoms with E-state index in [1.165, 1.54) is 23.5 Å². The van der Waals surface area contributed by atoms with Crippen molar-refractivity contribution in [1.82, 2.24) is 29.5 Å². The molecule has 0 aliphatic rings. The first-order valence-electron chi connectivity index (χ1n) is 10.2. The van der Waals surface area contributed by atoms with Crippen molar-refractivity contribution >= 4 is 33.4 Å². The number of halogens is 1. The molecule has 1 amide bonds. The van der Waals surface area contributed by atoms with Gasteiger partial charge >= 0.3 is 0 Å². The fourth-order valence-electron chi connectivity index (χ4n) is 3.86. The Labute approximate surface area is 192 Å². The molecule has 33 heavy (non-hydrogen) atoms. The maximum absolute atomic E-state index is 13.4. The van der Waals surface area contributed by atoms with Crippen LogP contribution >= 0.6 is 11.3 Å². The standard InChI is InChI=1S/C23H20FN7OS/c1-13-18(10-30(3)28-13)19-12-33-23(26-19)27-20(32)11-31-22-21(14(2)29-31)17(8-9-25-22)15-4-6-16(24)7-5-15/h4-10,12H,11H2,1-3H3,(H,26,27,32). The van der Waals surface area contributed by atoms with Crippen molar-refractivity contribution in [2.45, 2.75) is 20.4 Å². The summed E-state index contributed by atoms with van der Waals surface area (Å²) < 4.78 is 16.7. The normalized spacial score (nSPS) is 11.3. The average Bonchev–Trinajstić information content (AvgIpc) is 3.46. The van der Waals surface area contributed by atoms with E-state index >= 15 is 0 Å². The molecule has 0 aliphatic heterocycles. The average molecular weight is 462 g/mol. The topological polar surface area (TPSA) is 90.5 Å². The van der Waals surface area contributed by atoms with Crippen LogP contribution in [0.1, 0.15) is 11.4 Å². The molecule has 8 nitrogen and oxygen atoms in total. The van der Waals surface area contributed by atoms with Crippen LogP contribution < -0.4 is 5.32 Å². The molecule has 0 atom stereocenters. The summed E-state index contributed by atoms with van der Waals surface area (Å²) in [6.07, 6.45) is 3.57. The van der Waals surface area contributed by atoms with E-state index < -0.39 is 0 Å². The molecule has 0 saturated heterocycles. The van der Waals surface area contributed by atoms with Crippen LogP contribution in [0.5, 0.6) is 0 Å². The molecule has 5 rings (SSSR count). The molecule has 1 aromatic carbocycles. The summed E-state index contributed by atoms with van der Waals surface area (Å²) in [6.45, 7) is 3.78. The lowest BCUT2D eigenvalue weighted by Gasteiger charge is -2.06. The number of anilines is 1. The van der Waals surface area contributed by atoms with Gasteiger partial charge in [0.25, 0.3) is 0 Å². The van der Waals surface area contributed by atoms with Crippen molar-refractivity contribution in [2.75, 3.05) is 5.32 Å². The summed E-state index contributed by atoms with van der Waals surface area (Å²) in [5.74, 6) is -0.547. The van der Waals surface area contributed by atoms with Crippen LogP contribution in [0.2, 0.25) is 0 Å². The van der Waals surface area contributed by atoms with E-state index in [-0.39, 0.29) is 18.3 Å². The molecule has 0 radical (unpaired) electrons. The van der Waals surface area contributed by atoms with E-state index in [4.69, 9.17) is 0 Å². The lowest BCUT2D eigenvalue weighted by Crippen LogP contribution is -2.19. The number of amides is 1. The van der Waals surface area contributed by atoms with Gasteiger partial charge < -0.3 is 5.32 Å². The third kappa shape index (κ3) is 4.00. The first-order valence-corrected chi connectivity index (χ1v) is 11.1. The third-order valence-corrected chi connectivity index (χ3v) is 6.05. The Morgan fingerprint density at radius 3 is 2.61 bits per heavy atom. The summed E-state index contributed by atoms with van der Waals surface area (Å²) in [5, 5.41) is 14.9. The molecule has 0 spiro atoms. The van der Waals surface area contributed by atoms with Crippen molar-refractivity contribution in [3.63, 3.8) is 0 Å². The van der Waals surface area contributed by atoms with E-state index in [1.807, 2.05) is 38.5 Å². The lowest BCUT2D eigenvalue weighted by atomic mass is 10.0. The van der Waals surface area contributed by atoms with Crippen LogP contribution in [-0.2, 0) is 18.4 Å². The Kier molecular flexibility index (Phi) is 5.21. The molecule has 0 saturated carbocycles. The van der Waals surface area contributed by atoms with Crippen LogP contribution in [0.4, 0.5) is 9.52 Å². The maximum atomic E-state index is 13.4. The minimum Gasteiger partial charge on any atom is -0.300 e. The quantitative estimate of drug-likeness (QED) is 0.420. The summed E-state index contributed by atoms with van der Waals surface area (Å²) in [7, 11) is 1.86. The number of fused-ring (bicyclic) bond motifs is 1. The summed E-state index contributed by atoms with van der Waals surface area (Å²) >= 11 is 1.35. The van der Waals surface area contributed by atoms with Crippen molar-refractivity contribution in [3.8, 4) is 22.4 Å². The number of benzene rings is 1. The Bertz CT molecular complexity index is 1480. The second-order valence-electron chi connectivity index (χ2n) is 7.70. The molecular weight excluding hydrogens is 441 g/mol. The second kappa shape index (κ2) is 8.21. The first kappa shape index (κ1) is 21.0. The first-order chi connectivity index (χ1) is 15.9. The zero-order valence-electron chi connectivity index (χ0n) is 18.2. The molecule has 10 heteroatoms. The van der Waals surface area contributed by atoms with Gasteiger partial charge in [-0.05, 0) is 43.2 Å². The number of carbonyl (C=O) groups is 1. The molecule has 4 aromatic heterocycles. The minimum absolute atomic E-state index is 0.00888. The lowest BCUT2D eigenvalue weighted by molar-refractivity contribution is -0.116. The number of thiazole rings is 1. The maximum Gasteiger partial charge on any atom is 0.247 e. The van der Waals surface area contributed by atoms with Crippen LogP contribution in [0.15, 0.2) is 48.1 Å². The van der Waals surface area contributed by atoms with Gasteiger partial charge in [0.15, 0.2) is 10.8 Å². The van der Waals surface area contributed by atoms with Crippen LogP contribution in [-0.4, -0.2) is 35.4 Å². The second-order valence-corrected chi connectivity index (χ2v) is 8.55.